The average molecular weight is 279 g/mol. The third-order valence-corrected chi connectivity index (χ3v) is 3.18. The third kappa shape index (κ3) is 3.69. The summed E-state index contributed by atoms with van der Waals surface area (Å²) >= 11 is 0. The van der Waals surface area contributed by atoms with Gasteiger partial charge in [-0.3, -0.25) is 4.79 Å². The minimum absolute atomic E-state index is 0.0271. The van der Waals surface area contributed by atoms with Crippen molar-refractivity contribution >= 4 is 17.7 Å². The number of carboxylic acids is 1. The molecule has 0 aliphatic rings. The van der Waals surface area contributed by atoms with Crippen LogP contribution in [0.2, 0.25) is 0 Å². The number of nitrogens with zero attached hydrogens (tertiary/aromatic N) is 3. The molecule has 20 heavy (non-hydrogen) atoms. The number of anilines is 1. The molecule has 0 spiro atoms. The predicted molar refractivity (Wildman–Crippen MR) is 77.1 cm³/mol. The van der Waals surface area contributed by atoms with Crippen LogP contribution < -0.4 is 4.90 Å². The van der Waals surface area contributed by atoms with Crippen molar-refractivity contribution in [2.45, 2.75) is 20.8 Å². The van der Waals surface area contributed by atoms with Crippen molar-refractivity contribution in [3.8, 4) is 0 Å². The highest BCUT2D eigenvalue weighted by atomic mass is 16.4. The fourth-order valence-electron chi connectivity index (χ4n) is 1.95. The summed E-state index contributed by atoms with van der Waals surface area (Å²) in [5, 5.41) is 8.96. The summed E-state index contributed by atoms with van der Waals surface area (Å²) in [4.78, 5) is 30.6. The van der Waals surface area contributed by atoms with E-state index in [4.69, 9.17) is 5.11 Å². The maximum Gasteiger partial charge on any atom is 0.337 e. The third-order valence-electron chi connectivity index (χ3n) is 3.18. The summed E-state index contributed by atoms with van der Waals surface area (Å²) in [6, 6.07) is 3.13. The molecule has 1 amide bonds. The number of hydrogen-bond acceptors (Lipinski definition) is 4. The van der Waals surface area contributed by atoms with E-state index in [0.29, 0.717) is 24.6 Å². The first-order chi connectivity index (χ1) is 9.40. The van der Waals surface area contributed by atoms with Crippen LogP contribution in [0.1, 0.15) is 29.9 Å². The van der Waals surface area contributed by atoms with Gasteiger partial charge < -0.3 is 14.9 Å². The molecule has 0 aliphatic carbocycles. The smallest absolute Gasteiger partial charge is 0.337 e. The molecule has 0 bridgehead atoms. The Balaban J connectivity index is 2.83. The highest BCUT2D eigenvalue weighted by Crippen LogP contribution is 2.14. The molecule has 0 unspecified atom stereocenters. The molecule has 110 valence electrons. The van der Waals surface area contributed by atoms with E-state index < -0.39 is 5.97 Å². The number of aromatic nitrogens is 1. The van der Waals surface area contributed by atoms with E-state index in [9.17, 15) is 9.59 Å². The Morgan fingerprint density at radius 1 is 1.25 bits per heavy atom. The van der Waals surface area contributed by atoms with Crippen LogP contribution in [0.15, 0.2) is 12.1 Å². The second-order valence-corrected chi connectivity index (χ2v) is 4.53. The number of carboxylic acid groups (broad SMARTS) is 1. The summed E-state index contributed by atoms with van der Waals surface area (Å²) in [5.74, 6) is -0.379. The van der Waals surface area contributed by atoms with Crippen LogP contribution in [-0.2, 0) is 4.79 Å². The molecule has 0 radical (unpaired) electrons. The van der Waals surface area contributed by atoms with Crippen LogP contribution >= 0.6 is 0 Å². The lowest BCUT2D eigenvalue weighted by Crippen LogP contribution is -2.39. The predicted octanol–water partition coefficient (Wildman–Crippen LogP) is 1.39. The van der Waals surface area contributed by atoms with E-state index in [1.807, 2.05) is 13.8 Å². The molecule has 0 atom stereocenters. The topological polar surface area (TPSA) is 73.7 Å². The zero-order valence-electron chi connectivity index (χ0n) is 12.4. The Bertz CT molecular complexity index is 498. The van der Waals surface area contributed by atoms with Crippen LogP contribution in [-0.4, -0.2) is 53.5 Å². The number of pyridine rings is 1. The Morgan fingerprint density at radius 2 is 1.85 bits per heavy atom. The molecule has 1 heterocycles. The van der Waals surface area contributed by atoms with Gasteiger partial charge in [-0.15, -0.1) is 0 Å². The molecule has 0 saturated carbocycles. The molecule has 6 heteroatoms. The zero-order valence-corrected chi connectivity index (χ0v) is 12.4. The number of aryl methyl sites for hydroxylation is 1. The maximum absolute atomic E-state index is 12.0. The van der Waals surface area contributed by atoms with Gasteiger partial charge in [-0.05, 0) is 32.9 Å². The number of carbonyl (C=O) groups excluding carboxylic acids is 1. The summed E-state index contributed by atoms with van der Waals surface area (Å²) in [6.45, 7) is 7.09. The molecule has 1 aromatic heterocycles. The standard InChI is InChI=1S/C14H21N3O3/c1-5-17(6-2)13(18)9-16(4)12-8-7-11(14(19)20)10(3)15-12/h7-8H,5-6,9H2,1-4H3,(H,19,20). The second kappa shape index (κ2) is 6.88. The molecule has 0 saturated heterocycles. The number of rotatable bonds is 6. The number of likely N-dealkylation sites (N-methyl/N-ethyl adjacent to an activating group) is 2. The van der Waals surface area contributed by atoms with Gasteiger partial charge in [0.05, 0.1) is 17.8 Å². The molecular formula is C14H21N3O3. The first-order valence-electron chi connectivity index (χ1n) is 6.60. The molecule has 1 aromatic rings. The van der Waals surface area contributed by atoms with Gasteiger partial charge in [0.15, 0.2) is 0 Å². The van der Waals surface area contributed by atoms with Gasteiger partial charge in [-0.1, -0.05) is 0 Å². The average Bonchev–Trinajstić information content (AvgIpc) is 2.39. The van der Waals surface area contributed by atoms with Crippen molar-refractivity contribution in [1.82, 2.24) is 9.88 Å². The monoisotopic (exact) mass is 279 g/mol. The van der Waals surface area contributed by atoms with Gasteiger partial charge in [-0.2, -0.15) is 0 Å². The van der Waals surface area contributed by atoms with Gasteiger partial charge in [0.25, 0.3) is 0 Å². The van der Waals surface area contributed by atoms with Crippen LogP contribution in [0.5, 0.6) is 0 Å². The molecule has 0 aliphatic heterocycles. The van der Waals surface area contributed by atoms with Crippen molar-refractivity contribution in [2.24, 2.45) is 0 Å². The lowest BCUT2D eigenvalue weighted by atomic mass is 10.2. The van der Waals surface area contributed by atoms with E-state index in [1.165, 1.54) is 6.07 Å². The molecule has 0 fully saturated rings. The molecule has 1 N–H and O–H groups in total. The van der Waals surface area contributed by atoms with Crippen molar-refractivity contribution in [3.63, 3.8) is 0 Å². The molecular weight excluding hydrogens is 258 g/mol. The summed E-state index contributed by atoms with van der Waals surface area (Å²) in [5.41, 5.74) is 0.620. The molecule has 0 aromatic carbocycles. The minimum atomic E-state index is -0.997. The van der Waals surface area contributed by atoms with Gasteiger partial charge in [-0.25, -0.2) is 9.78 Å². The molecule has 1 rings (SSSR count). The van der Waals surface area contributed by atoms with E-state index in [2.05, 4.69) is 4.98 Å². The van der Waals surface area contributed by atoms with Crippen LogP contribution in [0.4, 0.5) is 5.82 Å². The Hall–Kier alpha value is -2.11. The van der Waals surface area contributed by atoms with Crippen molar-refractivity contribution in [1.29, 1.82) is 0 Å². The van der Waals surface area contributed by atoms with Crippen LogP contribution in [0.3, 0.4) is 0 Å². The number of carbonyl (C=O) groups is 2. The summed E-state index contributed by atoms with van der Waals surface area (Å²) in [7, 11) is 1.77. The van der Waals surface area contributed by atoms with Gasteiger partial charge in [0, 0.05) is 20.1 Å². The van der Waals surface area contributed by atoms with Gasteiger partial charge >= 0.3 is 5.97 Å². The Labute approximate surface area is 119 Å². The SMILES string of the molecule is CCN(CC)C(=O)CN(C)c1ccc(C(=O)O)c(C)n1. The van der Waals surface area contributed by atoms with E-state index in [-0.39, 0.29) is 18.0 Å². The summed E-state index contributed by atoms with van der Waals surface area (Å²) < 4.78 is 0. The lowest BCUT2D eigenvalue weighted by molar-refractivity contribution is -0.129. The minimum Gasteiger partial charge on any atom is -0.478 e. The van der Waals surface area contributed by atoms with Crippen LogP contribution in [0, 0.1) is 6.92 Å². The number of amides is 1. The van der Waals surface area contributed by atoms with Gasteiger partial charge in [0.2, 0.25) is 5.91 Å². The maximum atomic E-state index is 12.0. The fraction of sp³-hybridized carbons (Fsp3) is 0.500. The molecule has 6 nitrogen and oxygen atoms in total. The van der Waals surface area contributed by atoms with Crippen molar-refractivity contribution in [2.75, 3.05) is 31.6 Å². The van der Waals surface area contributed by atoms with E-state index >= 15 is 0 Å². The quantitative estimate of drug-likeness (QED) is 0.852. The Morgan fingerprint density at radius 3 is 2.30 bits per heavy atom. The number of aromatic carboxylic acids is 1. The van der Waals surface area contributed by atoms with E-state index in [1.54, 1.807) is 29.8 Å². The second-order valence-electron chi connectivity index (χ2n) is 4.53. The lowest BCUT2D eigenvalue weighted by Gasteiger charge is -2.24. The first-order valence-corrected chi connectivity index (χ1v) is 6.60. The Kier molecular flexibility index (Phi) is 5.49. The highest BCUT2D eigenvalue weighted by molar-refractivity contribution is 5.89. The normalized spacial score (nSPS) is 10.2. The summed E-state index contributed by atoms with van der Waals surface area (Å²) in [6.07, 6.45) is 0. The fourth-order valence-corrected chi connectivity index (χ4v) is 1.95. The number of hydrogen-bond donors (Lipinski definition) is 1. The first kappa shape index (κ1) is 15.9. The largest absolute Gasteiger partial charge is 0.478 e. The zero-order chi connectivity index (χ0) is 15.3. The van der Waals surface area contributed by atoms with Crippen LogP contribution in [0.25, 0.3) is 0 Å². The van der Waals surface area contributed by atoms with Crippen molar-refractivity contribution < 1.29 is 14.7 Å². The van der Waals surface area contributed by atoms with Gasteiger partial charge in [0.1, 0.15) is 5.82 Å². The highest BCUT2D eigenvalue weighted by Gasteiger charge is 2.15. The van der Waals surface area contributed by atoms with E-state index in [0.717, 1.165) is 0 Å². The van der Waals surface area contributed by atoms with Crippen molar-refractivity contribution in [3.05, 3.63) is 23.4 Å².